The Balaban J connectivity index is 1.81. The molecular formula is C15H21BrN2O. The first kappa shape index (κ1) is 14.4. The molecule has 4 heteroatoms. The second-order valence-electron chi connectivity index (χ2n) is 5.13. The SMILES string of the molecule is CCCC(=O)NCC1CCN(c2cccc(Br)c2)C1. The van der Waals surface area contributed by atoms with Crippen molar-refractivity contribution in [1.82, 2.24) is 5.32 Å². The molecule has 1 unspecified atom stereocenters. The van der Waals surface area contributed by atoms with E-state index in [0.717, 1.165) is 36.9 Å². The Morgan fingerprint density at radius 1 is 1.53 bits per heavy atom. The van der Waals surface area contributed by atoms with E-state index in [1.807, 2.05) is 13.0 Å². The largest absolute Gasteiger partial charge is 0.371 e. The van der Waals surface area contributed by atoms with E-state index in [1.165, 1.54) is 5.69 Å². The van der Waals surface area contributed by atoms with Gasteiger partial charge in [0.2, 0.25) is 5.91 Å². The van der Waals surface area contributed by atoms with Crippen LogP contribution < -0.4 is 10.2 Å². The average Bonchev–Trinajstić information content (AvgIpc) is 2.85. The molecule has 1 aromatic rings. The van der Waals surface area contributed by atoms with Crippen molar-refractivity contribution in [2.45, 2.75) is 26.2 Å². The van der Waals surface area contributed by atoms with Gasteiger partial charge in [0.1, 0.15) is 0 Å². The number of benzene rings is 1. The van der Waals surface area contributed by atoms with Crippen molar-refractivity contribution in [1.29, 1.82) is 0 Å². The maximum Gasteiger partial charge on any atom is 0.219 e. The molecular weight excluding hydrogens is 304 g/mol. The lowest BCUT2D eigenvalue weighted by atomic mass is 10.1. The van der Waals surface area contributed by atoms with Crippen molar-refractivity contribution < 1.29 is 4.79 Å². The van der Waals surface area contributed by atoms with Gasteiger partial charge in [-0.2, -0.15) is 0 Å². The van der Waals surface area contributed by atoms with Crippen LogP contribution >= 0.6 is 15.9 Å². The van der Waals surface area contributed by atoms with Gasteiger partial charge in [0.15, 0.2) is 0 Å². The lowest BCUT2D eigenvalue weighted by Crippen LogP contribution is -2.30. The summed E-state index contributed by atoms with van der Waals surface area (Å²) in [5.74, 6) is 0.753. The van der Waals surface area contributed by atoms with E-state index in [4.69, 9.17) is 0 Å². The van der Waals surface area contributed by atoms with Gasteiger partial charge in [-0.05, 0) is 37.0 Å². The van der Waals surface area contributed by atoms with Gasteiger partial charge in [-0.3, -0.25) is 4.79 Å². The zero-order chi connectivity index (χ0) is 13.7. The number of hydrogen-bond acceptors (Lipinski definition) is 2. The summed E-state index contributed by atoms with van der Waals surface area (Å²) in [4.78, 5) is 13.9. The predicted molar refractivity (Wildman–Crippen MR) is 82.4 cm³/mol. The fourth-order valence-corrected chi connectivity index (χ4v) is 2.87. The lowest BCUT2D eigenvalue weighted by molar-refractivity contribution is -0.121. The van der Waals surface area contributed by atoms with Crippen LogP contribution in [0.1, 0.15) is 26.2 Å². The number of nitrogens with zero attached hydrogens (tertiary/aromatic N) is 1. The fourth-order valence-electron chi connectivity index (χ4n) is 2.48. The van der Waals surface area contributed by atoms with Gasteiger partial charge in [-0.1, -0.05) is 28.9 Å². The first-order valence-corrected chi connectivity index (χ1v) is 7.75. The van der Waals surface area contributed by atoms with Crippen LogP contribution in [0.5, 0.6) is 0 Å². The summed E-state index contributed by atoms with van der Waals surface area (Å²) in [6.07, 6.45) is 2.71. The zero-order valence-corrected chi connectivity index (χ0v) is 12.9. The molecule has 3 nitrogen and oxygen atoms in total. The topological polar surface area (TPSA) is 32.3 Å². The summed E-state index contributed by atoms with van der Waals surface area (Å²) in [6.45, 7) is 4.95. The van der Waals surface area contributed by atoms with Crippen molar-refractivity contribution in [3.63, 3.8) is 0 Å². The molecule has 1 saturated heterocycles. The van der Waals surface area contributed by atoms with Crippen LogP contribution in [0.15, 0.2) is 28.7 Å². The summed E-state index contributed by atoms with van der Waals surface area (Å²) in [6, 6.07) is 8.40. The van der Waals surface area contributed by atoms with Crippen molar-refractivity contribution >= 4 is 27.5 Å². The molecule has 1 fully saturated rings. The minimum absolute atomic E-state index is 0.184. The highest BCUT2D eigenvalue weighted by atomic mass is 79.9. The van der Waals surface area contributed by atoms with Crippen molar-refractivity contribution in [3.8, 4) is 0 Å². The number of hydrogen-bond donors (Lipinski definition) is 1. The molecule has 0 bridgehead atoms. The highest BCUT2D eigenvalue weighted by Gasteiger charge is 2.22. The maximum atomic E-state index is 11.5. The molecule has 1 aromatic carbocycles. The molecule has 0 radical (unpaired) electrons. The first-order valence-electron chi connectivity index (χ1n) is 6.96. The Bertz CT molecular complexity index is 436. The summed E-state index contributed by atoms with van der Waals surface area (Å²) in [5.41, 5.74) is 1.26. The Labute approximate surface area is 123 Å². The molecule has 0 aromatic heterocycles. The molecule has 19 heavy (non-hydrogen) atoms. The van der Waals surface area contributed by atoms with Gasteiger partial charge in [-0.15, -0.1) is 0 Å². The summed E-state index contributed by atoms with van der Waals surface area (Å²) < 4.78 is 1.12. The summed E-state index contributed by atoms with van der Waals surface area (Å²) in [7, 11) is 0. The maximum absolute atomic E-state index is 11.5. The van der Waals surface area contributed by atoms with Crippen LogP contribution in [0.2, 0.25) is 0 Å². The van der Waals surface area contributed by atoms with E-state index in [-0.39, 0.29) is 5.91 Å². The van der Waals surface area contributed by atoms with E-state index < -0.39 is 0 Å². The lowest BCUT2D eigenvalue weighted by Gasteiger charge is -2.19. The summed E-state index contributed by atoms with van der Waals surface area (Å²) >= 11 is 3.51. The average molecular weight is 325 g/mol. The van der Waals surface area contributed by atoms with Crippen LogP contribution in [-0.2, 0) is 4.79 Å². The molecule has 0 spiro atoms. The number of anilines is 1. The van der Waals surface area contributed by atoms with Crippen LogP contribution in [0.4, 0.5) is 5.69 Å². The van der Waals surface area contributed by atoms with Gasteiger partial charge in [0.25, 0.3) is 0 Å². The second kappa shape index (κ2) is 6.94. The first-order chi connectivity index (χ1) is 9.19. The molecule has 104 valence electrons. The van der Waals surface area contributed by atoms with E-state index in [9.17, 15) is 4.79 Å². The molecule has 1 atom stereocenters. The third kappa shape index (κ3) is 4.23. The number of nitrogens with one attached hydrogen (secondary N) is 1. The molecule has 1 aliphatic rings. The van der Waals surface area contributed by atoms with E-state index >= 15 is 0 Å². The Morgan fingerprint density at radius 3 is 3.11 bits per heavy atom. The third-order valence-electron chi connectivity index (χ3n) is 3.52. The van der Waals surface area contributed by atoms with Gasteiger partial charge in [0.05, 0.1) is 0 Å². The van der Waals surface area contributed by atoms with Crippen molar-refractivity contribution in [2.75, 3.05) is 24.5 Å². The normalized spacial score (nSPS) is 18.6. The van der Waals surface area contributed by atoms with Gasteiger partial charge < -0.3 is 10.2 Å². The molecule has 0 saturated carbocycles. The minimum atomic E-state index is 0.184. The number of halogens is 1. The van der Waals surface area contributed by atoms with Gasteiger partial charge in [-0.25, -0.2) is 0 Å². The molecule has 1 amide bonds. The number of rotatable bonds is 5. The van der Waals surface area contributed by atoms with Crippen molar-refractivity contribution in [3.05, 3.63) is 28.7 Å². The highest BCUT2D eigenvalue weighted by Crippen LogP contribution is 2.25. The number of carbonyl (C=O) groups is 1. The van der Waals surface area contributed by atoms with Crippen LogP contribution in [0.25, 0.3) is 0 Å². The summed E-state index contributed by atoms with van der Waals surface area (Å²) in [5, 5.41) is 3.03. The quantitative estimate of drug-likeness (QED) is 0.902. The van der Waals surface area contributed by atoms with Gasteiger partial charge >= 0.3 is 0 Å². The van der Waals surface area contributed by atoms with Crippen molar-refractivity contribution in [2.24, 2.45) is 5.92 Å². The van der Waals surface area contributed by atoms with Crippen LogP contribution in [0, 0.1) is 5.92 Å². The van der Waals surface area contributed by atoms with E-state index in [0.29, 0.717) is 12.3 Å². The highest BCUT2D eigenvalue weighted by molar-refractivity contribution is 9.10. The standard InChI is InChI=1S/C15H21BrN2O/c1-2-4-15(19)17-10-12-7-8-18(11-12)14-6-3-5-13(16)9-14/h3,5-6,9,12H,2,4,7-8,10-11H2,1H3,(H,17,19). The molecule has 1 heterocycles. The second-order valence-corrected chi connectivity index (χ2v) is 6.05. The fraction of sp³-hybridized carbons (Fsp3) is 0.533. The molecule has 2 rings (SSSR count). The van der Waals surface area contributed by atoms with Crippen LogP contribution in [-0.4, -0.2) is 25.5 Å². The predicted octanol–water partition coefficient (Wildman–Crippen LogP) is 3.19. The van der Waals surface area contributed by atoms with Crippen LogP contribution in [0.3, 0.4) is 0 Å². The van der Waals surface area contributed by atoms with Gasteiger partial charge in [0, 0.05) is 36.2 Å². The Kier molecular flexibility index (Phi) is 5.25. The number of carbonyl (C=O) groups excluding carboxylic acids is 1. The smallest absolute Gasteiger partial charge is 0.219 e. The van der Waals surface area contributed by atoms with E-state index in [1.54, 1.807) is 0 Å². The zero-order valence-electron chi connectivity index (χ0n) is 11.4. The molecule has 0 aliphatic carbocycles. The van der Waals surface area contributed by atoms with E-state index in [2.05, 4.69) is 44.3 Å². The Hall–Kier alpha value is -1.03. The molecule has 1 aliphatic heterocycles. The molecule has 1 N–H and O–H groups in total. The number of amides is 1. The monoisotopic (exact) mass is 324 g/mol. The Morgan fingerprint density at radius 2 is 2.37 bits per heavy atom. The third-order valence-corrected chi connectivity index (χ3v) is 4.02. The minimum Gasteiger partial charge on any atom is -0.371 e.